The SMILES string of the molecule is CCCc1c(C(=O)O)nc(Cl)n1C. The topological polar surface area (TPSA) is 55.1 Å². The molecule has 0 fully saturated rings. The summed E-state index contributed by atoms with van der Waals surface area (Å²) in [6.45, 7) is 1.98. The molecule has 13 heavy (non-hydrogen) atoms. The molecule has 0 aromatic carbocycles. The van der Waals surface area contributed by atoms with Crippen LogP contribution in [-0.2, 0) is 13.5 Å². The number of carbonyl (C=O) groups is 1. The molecule has 0 unspecified atom stereocenters. The third-order valence-corrected chi connectivity index (χ3v) is 2.19. The van der Waals surface area contributed by atoms with Crippen LogP contribution in [0.4, 0.5) is 0 Å². The molecule has 1 heterocycles. The van der Waals surface area contributed by atoms with Gasteiger partial charge in [-0.25, -0.2) is 9.78 Å². The van der Waals surface area contributed by atoms with Crippen LogP contribution in [0.5, 0.6) is 0 Å². The Bertz CT molecular complexity index is 333. The van der Waals surface area contributed by atoms with Gasteiger partial charge in [0.15, 0.2) is 5.69 Å². The fourth-order valence-corrected chi connectivity index (χ4v) is 1.38. The van der Waals surface area contributed by atoms with Gasteiger partial charge in [-0.1, -0.05) is 13.3 Å². The zero-order valence-electron chi connectivity index (χ0n) is 7.54. The quantitative estimate of drug-likeness (QED) is 0.812. The van der Waals surface area contributed by atoms with Crippen LogP contribution in [0.15, 0.2) is 0 Å². The van der Waals surface area contributed by atoms with E-state index in [9.17, 15) is 4.79 Å². The van der Waals surface area contributed by atoms with Crippen molar-refractivity contribution in [3.05, 3.63) is 16.7 Å². The molecule has 1 aromatic rings. The molecule has 5 heteroatoms. The van der Waals surface area contributed by atoms with Crippen molar-refractivity contribution >= 4 is 17.6 Å². The highest BCUT2D eigenvalue weighted by atomic mass is 35.5. The van der Waals surface area contributed by atoms with Gasteiger partial charge < -0.3 is 9.67 Å². The van der Waals surface area contributed by atoms with Crippen LogP contribution in [0, 0.1) is 0 Å². The zero-order valence-corrected chi connectivity index (χ0v) is 8.30. The second-order valence-electron chi connectivity index (χ2n) is 2.79. The molecule has 0 radical (unpaired) electrons. The predicted octanol–water partition coefficient (Wildman–Crippen LogP) is 1.72. The van der Waals surface area contributed by atoms with Gasteiger partial charge >= 0.3 is 5.97 Å². The Morgan fingerprint density at radius 2 is 2.31 bits per heavy atom. The Hall–Kier alpha value is -1.03. The molecule has 1 rings (SSSR count). The molecule has 1 aromatic heterocycles. The monoisotopic (exact) mass is 202 g/mol. The summed E-state index contributed by atoms with van der Waals surface area (Å²) >= 11 is 5.70. The second kappa shape index (κ2) is 3.79. The molecule has 72 valence electrons. The van der Waals surface area contributed by atoms with Crippen molar-refractivity contribution in [3.8, 4) is 0 Å². The summed E-state index contributed by atoms with van der Waals surface area (Å²) in [6.07, 6.45) is 1.55. The first kappa shape index (κ1) is 10.1. The van der Waals surface area contributed by atoms with E-state index in [2.05, 4.69) is 4.98 Å². The fourth-order valence-electron chi connectivity index (χ4n) is 1.20. The highest BCUT2D eigenvalue weighted by molar-refractivity contribution is 6.28. The Labute approximate surface area is 81.2 Å². The van der Waals surface area contributed by atoms with E-state index in [-0.39, 0.29) is 11.0 Å². The minimum Gasteiger partial charge on any atom is -0.476 e. The number of aromatic nitrogens is 2. The molecule has 0 aliphatic rings. The Morgan fingerprint density at radius 1 is 1.69 bits per heavy atom. The molecule has 0 aliphatic heterocycles. The second-order valence-corrected chi connectivity index (χ2v) is 3.13. The lowest BCUT2D eigenvalue weighted by Crippen LogP contribution is -2.04. The van der Waals surface area contributed by atoms with Crippen molar-refractivity contribution < 1.29 is 9.90 Å². The molecule has 0 aliphatic carbocycles. The maximum Gasteiger partial charge on any atom is 0.356 e. The molecule has 0 atom stereocenters. The van der Waals surface area contributed by atoms with Crippen LogP contribution in [0.3, 0.4) is 0 Å². The van der Waals surface area contributed by atoms with Crippen LogP contribution in [0.2, 0.25) is 5.28 Å². The first-order valence-corrected chi connectivity index (χ1v) is 4.40. The highest BCUT2D eigenvalue weighted by Crippen LogP contribution is 2.16. The minimum absolute atomic E-state index is 0.0642. The summed E-state index contributed by atoms with van der Waals surface area (Å²) in [6, 6.07) is 0. The van der Waals surface area contributed by atoms with Crippen molar-refractivity contribution in [2.75, 3.05) is 0 Å². The number of carboxylic acid groups (broad SMARTS) is 1. The van der Waals surface area contributed by atoms with Crippen molar-refractivity contribution in [2.45, 2.75) is 19.8 Å². The number of rotatable bonds is 3. The van der Waals surface area contributed by atoms with E-state index in [1.165, 1.54) is 0 Å². The smallest absolute Gasteiger partial charge is 0.356 e. The lowest BCUT2D eigenvalue weighted by Gasteiger charge is -2.00. The number of imidazole rings is 1. The Balaban J connectivity index is 3.18. The summed E-state index contributed by atoms with van der Waals surface area (Å²) in [5.74, 6) is -1.02. The maximum atomic E-state index is 10.7. The minimum atomic E-state index is -1.02. The van der Waals surface area contributed by atoms with Gasteiger partial charge in [0.25, 0.3) is 0 Å². The third kappa shape index (κ3) is 1.83. The van der Waals surface area contributed by atoms with Crippen molar-refractivity contribution in [2.24, 2.45) is 7.05 Å². The summed E-state index contributed by atoms with van der Waals surface area (Å²) < 4.78 is 1.61. The van der Waals surface area contributed by atoms with Gasteiger partial charge in [0.05, 0.1) is 5.69 Å². The standard InChI is InChI=1S/C8H11ClN2O2/c1-3-4-5-6(7(12)13)10-8(9)11(5)2/h3-4H2,1-2H3,(H,12,13). The molecule has 0 spiro atoms. The highest BCUT2D eigenvalue weighted by Gasteiger charge is 2.17. The van der Waals surface area contributed by atoms with Gasteiger partial charge in [0.2, 0.25) is 5.28 Å². The molecule has 0 amide bonds. The first-order valence-electron chi connectivity index (χ1n) is 4.02. The average Bonchev–Trinajstić information content (AvgIpc) is 2.33. The normalized spacial score (nSPS) is 10.4. The first-order chi connectivity index (χ1) is 6.07. The van der Waals surface area contributed by atoms with Crippen molar-refractivity contribution in [1.29, 1.82) is 0 Å². The predicted molar refractivity (Wildman–Crippen MR) is 49.2 cm³/mol. The third-order valence-electron chi connectivity index (χ3n) is 1.85. The molecular formula is C8H11ClN2O2. The van der Waals surface area contributed by atoms with E-state index >= 15 is 0 Å². The van der Waals surface area contributed by atoms with Gasteiger partial charge in [-0.2, -0.15) is 0 Å². The van der Waals surface area contributed by atoms with E-state index in [0.717, 1.165) is 6.42 Å². The molecule has 1 N–H and O–H groups in total. The summed E-state index contributed by atoms with van der Waals surface area (Å²) in [5.41, 5.74) is 0.745. The van der Waals surface area contributed by atoms with Crippen molar-refractivity contribution in [1.82, 2.24) is 9.55 Å². The molecule has 0 saturated carbocycles. The van der Waals surface area contributed by atoms with Crippen molar-refractivity contribution in [3.63, 3.8) is 0 Å². The molecule has 0 saturated heterocycles. The summed E-state index contributed by atoms with van der Waals surface area (Å²) in [7, 11) is 1.72. The molecule has 4 nitrogen and oxygen atoms in total. The number of halogens is 1. The average molecular weight is 203 g/mol. The number of nitrogens with zero attached hydrogens (tertiary/aromatic N) is 2. The van der Waals surface area contributed by atoms with E-state index in [1.807, 2.05) is 6.92 Å². The Kier molecular flexibility index (Phi) is 2.93. The summed E-state index contributed by atoms with van der Waals surface area (Å²) in [4.78, 5) is 14.5. The Morgan fingerprint density at radius 3 is 2.77 bits per heavy atom. The number of aromatic carboxylic acids is 1. The zero-order chi connectivity index (χ0) is 10.0. The van der Waals surface area contributed by atoms with Gasteiger partial charge in [0, 0.05) is 7.05 Å². The number of hydrogen-bond donors (Lipinski definition) is 1. The van der Waals surface area contributed by atoms with Gasteiger partial charge in [-0.05, 0) is 18.0 Å². The van der Waals surface area contributed by atoms with Gasteiger partial charge in [-0.3, -0.25) is 0 Å². The van der Waals surface area contributed by atoms with E-state index in [4.69, 9.17) is 16.7 Å². The van der Waals surface area contributed by atoms with Gasteiger partial charge in [-0.15, -0.1) is 0 Å². The number of hydrogen-bond acceptors (Lipinski definition) is 2. The largest absolute Gasteiger partial charge is 0.476 e. The van der Waals surface area contributed by atoms with Crippen LogP contribution in [-0.4, -0.2) is 20.6 Å². The van der Waals surface area contributed by atoms with Crippen LogP contribution in [0.1, 0.15) is 29.5 Å². The van der Waals surface area contributed by atoms with E-state index < -0.39 is 5.97 Å². The lowest BCUT2D eigenvalue weighted by atomic mass is 10.2. The van der Waals surface area contributed by atoms with E-state index in [0.29, 0.717) is 12.1 Å². The molecule has 0 bridgehead atoms. The van der Waals surface area contributed by atoms with Crippen LogP contribution < -0.4 is 0 Å². The molecular weight excluding hydrogens is 192 g/mol. The van der Waals surface area contributed by atoms with Gasteiger partial charge in [0.1, 0.15) is 0 Å². The maximum absolute atomic E-state index is 10.7. The van der Waals surface area contributed by atoms with Crippen LogP contribution in [0.25, 0.3) is 0 Å². The number of carboxylic acids is 1. The fraction of sp³-hybridized carbons (Fsp3) is 0.500. The van der Waals surface area contributed by atoms with Crippen LogP contribution >= 0.6 is 11.6 Å². The van der Waals surface area contributed by atoms with E-state index in [1.54, 1.807) is 11.6 Å². The lowest BCUT2D eigenvalue weighted by molar-refractivity contribution is 0.0689. The summed E-state index contributed by atoms with van der Waals surface area (Å²) in [5, 5.41) is 9.02.